The SMILES string of the molecule is CN(CCCS(=O)(=O)N(C)C)Cc1nc(-c2ccccc2)no1. The van der Waals surface area contributed by atoms with E-state index in [1.165, 1.54) is 4.31 Å². The van der Waals surface area contributed by atoms with Crippen LogP contribution in [0.5, 0.6) is 0 Å². The van der Waals surface area contributed by atoms with Crippen LogP contribution in [-0.4, -0.2) is 61.2 Å². The largest absolute Gasteiger partial charge is 0.338 e. The van der Waals surface area contributed by atoms with Gasteiger partial charge in [0, 0.05) is 19.7 Å². The van der Waals surface area contributed by atoms with Crippen LogP contribution in [0.3, 0.4) is 0 Å². The molecule has 0 spiro atoms. The number of benzene rings is 1. The molecule has 0 fully saturated rings. The maximum atomic E-state index is 11.7. The lowest BCUT2D eigenvalue weighted by atomic mass is 10.2. The van der Waals surface area contributed by atoms with Crippen molar-refractivity contribution in [2.75, 3.05) is 33.4 Å². The predicted molar refractivity (Wildman–Crippen MR) is 88.2 cm³/mol. The van der Waals surface area contributed by atoms with Crippen molar-refractivity contribution in [3.05, 3.63) is 36.2 Å². The fraction of sp³-hybridized carbons (Fsp3) is 0.467. The molecule has 0 saturated carbocycles. The smallest absolute Gasteiger partial charge is 0.241 e. The molecule has 0 saturated heterocycles. The fourth-order valence-electron chi connectivity index (χ4n) is 2.03. The average molecular weight is 338 g/mol. The van der Waals surface area contributed by atoms with E-state index in [9.17, 15) is 8.42 Å². The molecule has 0 bridgehead atoms. The van der Waals surface area contributed by atoms with E-state index in [-0.39, 0.29) is 5.75 Å². The first kappa shape index (κ1) is 17.6. The Balaban J connectivity index is 1.84. The van der Waals surface area contributed by atoms with Gasteiger partial charge in [0.05, 0.1) is 12.3 Å². The molecular formula is C15H22N4O3S. The third kappa shape index (κ3) is 5.12. The highest BCUT2D eigenvalue weighted by atomic mass is 32.2. The molecule has 0 aliphatic heterocycles. The van der Waals surface area contributed by atoms with Crippen molar-refractivity contribution >= 4 is 10.0 Å². The number of nitrogens with zero attached hydrogens (tertiary/aromatic N) is 4. The van der Waals surface area contributed by atoms with Crippen LogP contribution in [0, 0.1) is 0 Å². The van der Waals surface area contributed by atoms with Gasteiger partial charge in [-0.3, -0.25) is 4.90 Å². The van der Waals surface area contributed by atoms with E-state index in [2.05, 4.69) is 10.1 Å². The summed E-state index contributed by atoms with van der Waals surface area (Å²) in [7, 11) is 1.84. The third-order valence-corrected chi connectivity index (χ3v) is 5.32. The molecule has 0 aliphatic rings. The van der Waals surface area contributed by atoms with Crippen LogP contribution in [-0.2, 0) is 16.6 Å². The number of rotatable bonds is 8. The van der Waals surface area contributed by atoms with E-state index in [0.717, 1.165) is 5.56 Å². The van der Waals surface area contributed by atoms with Crippen LogP contribution in [0.2, 0.25) is 0 Å². The zero-order valence-electron chi connectivity index (χ0n) is 13.6. The number of sulfonamides is 1. The van der Waals surface area contributed by atoms with Gasteiger partial charge < -0.3 is 4.52 Å². The summed E-state index contributed by atoms with van der Waals surface area (Å²) >= 11 is 0. The Morgan fingerprint density at radius 3 is 2.48 bits per heavy atom. The summed E-state index contributed by atoms with van der Waals surface area (Å²) in [4.78, 5) is 6.33. The lowest BCUT2D eigenvalue weighted by Crippen LogP contribution is -2.28. The highest BCUT2D eigenvalue weighted by molar-refractivity contribution is 7.89. The molecule has 1 aromatic heterocycles. The first-order valence-corrected chi connectivity index (χ1v) is 8.96. The second-order valence-electron chi connectivity index (χ2n) is 5.57. The third-order valence-electron chi connectivity index (χ3n) is 3.40. The van der Waals surface area contributed by atoms with Gasteiger partial charge in [0.15, 0.2) is 0 Å². The summed E-state index contributed by atoms with van der Waals surface area (Å²) in [5.74, 6) is 1.20. The summed E-state index contributed by atoms with van der Waals surface area (Å²) in [5, 5.41) is 3.97. The lowest BCUT2D eigenvalue weighted by Gasteiger charge is -2.15. The Kier molecular flexibility index (Phi) is 5.86. The molecule has 8 heteroatoms. The standard InChI is InChI=1S/C15H22N4O3S/c1-18(2)23(20,21)11-7-10-19(3)12-14-16-15(17-22-14)13-8-5-4-6-9-13/h4-6,8-9H,7,10-12H2,1-3H3. The molecule has 1 aromatic carbocycles. The zero-order valence-corrected chi connectivity index (χ0v) is 14.5. The van der Waals surface area contributed by atoms with Gasteiger partial charge in [0.2, 0.25) is 21.7 Å². The minimum atomic E-state index is -3.14. The molecular weight excluding hydrogens is 316 g/mol. The molecule has 23 heavy (non-hydrogen) atoms. The van der Waals surface area contributed by atoms with Crippen molar-refractivity contribution in [2.45, 2.75) is 13.0 Å². The van der Waals surface area contributed by atoms with Crippen molar-refractivity contribution in [1.29, 1.82) is 0 Å². The Hall–Kier alpha value is -1.77. The molecule has 7 nitrogen and oxygen atoms in total. The van der Waals surface area contributed by atoms with Gasteiger partial charge >= 0.3 is 0 Å². The Bertz CT molecular complexity index is 713. The molecule has 0 atom stereocenters. The van der Waals surface area contributed by atoms with Crippen molar-refractivity contribution < 1.29 is 12.9 Å². The van der Waals surface area contributed by atoms with Gasteiger partial charge in [0.1, 0.15) is 0 Å². The van der Waals surface area contributed by atoms with E-state index in [4.69, 9.17) is 4.52 Å². The molecule has 2 aromatic rings. The number of hydrogen-bond acceptors (Lipinski definition) is 6. The van der Waals surface area contributed by atoms with Gasteiger partial charge in [-0.05, 0) is 20.0 Å². The summed E-state index contributed by atoms with van der Waals surface area (Å²) in [5.41, 5.74) is 0.905. The topological polar surface area (TPSA) is 79.5 Å². The van der Waals surface area contributed by atoms with E-state index in [0.29, 0.717) is 31.2 Å². The maximum absolute atomic E-state index is 11.7. The van der Waals surface area contributed by atoms with E-state index in [1.54, 1.807) is 14.1 Å². The molecule has 0 radical (unpaired) electrons. The Morgan fingerprint density at radius 2 is 1.83 bits per heavy atom. The lowest BCUT2D eigenvalue weighted by molar-refractivity contribution is 0.267. The van der Waals surface area contributed by atoms with E-state index >= 15 is 0 Å². The second kappa shape index (κ2) is 7.67. The summed E-state index contributed by atoms with van der Waals surface area (Å²) in [6, 6.07) is 9.61. The first-order valence-electron chi connectivity index (χ1n) is 7.35. The van der Waals surface area contributed by atoms with Gasteiger partial charge in [-0.1, -0.05) is 35.5 Å². The minimum absolute atomic E-state index is 0.128. The van der Waals surface area contributed by atoms with Gasteiger partial charge in [-0.15, -0.1) is 0 Å². The van der Waals surface area contributed by atoms with Crippen LogP contribution < -0.4 is 0 Å². The minimum Gasteiger partial charge on any atom is -0.338 e. The molecule has 0 N–H and O–H groups in total. The normalized spacial score (nSPS) is 12.2. The Morgan fingerprint density at radius 1 is 1.13 bits per heavy atom. The van der Waals surface area contributed by atoms with Gasteiger partial charge in [-0.2, -0.15) is 4.98 Å². The number of hydrogen-bond donors (Lipinski definition) is 0. The van der Waals surface area contributed by atoms with E-state index < -0.39 is 10.0 Å². The summed E-state index contributed by atoms with van der Waals surface area (Å²) < 4.78 is 29.9. The summed E-state index contributed by atoms with van der Waals surface area (Å²) in [6.07, 6.45) is 0.552. The predicted octanol–water partition coefficient (Wildman–Crippen LogP) is 1.45. The highest BCUT2D eigenvalue weighted by Crippen LogP contribution is 2.15. The quantitative estimate of drug-likeness (QED) is 0.725. The van der Waals surface area contributed by atoms with Crippen molar-refractivity contribution in [1.82, 2.24) is 19.3 Å². The van der Waals surface area contributed by atoms with Gasteiger partial charge in [-0.25, -0.2) is 12.7 Å². The Labute approximate surface area is 137 Å². The molecule has 0 unspecified atom stereocenters. The number of aromatic nitrogens is 2. The highest BCUT2D eigenvalue weighted by Gasteiger charge is 2.14. The van der Waals surface area contributed by atoms with Crippen molar-refractivity contribution in [3.63, 3.8) is 0 Å². The van der Waals surface area contributed by atoms with Crippen LogP contribution in [0.25, 0.3) is 11.4 Å². The monoisotopic (exact) mass is 338 g/mol. The van der Waals surface area contributed by atoms with Crippen LogP contribution in [0.15, 0.2) is 34.9 Å². The molecule has 0 aliphatic carbocycles. The second-order valence-corrected chi connectivity index (χ2v) is 7.87. The molecule has 0 amide bonds. The van der Waals surface area contributed by atoms with Gasteiger partial charge in [0.25, 0.3) is 0 Å². The van der Waals surface area contributed by atoms with Crippen molar-refractivity contribution in [3.8, 4) is 11.4 Å². The van der Waals surface area contributed by atoms with E-state index in [1.807, 2.05) is 42.3 Å². The van der Waals surface area contributed by atoms with Crippen LogP contribution >= 0.6 is 0 Å². The molecule has 1 heterocycles. The summed E-state index contributed by atoms with van der Waals surface area (Å²) in [6.45, 7) is 1.12. The van der Waals surface area contributed by atoms with Crippen molar-refractivity contribution in [2.24, 2.45) is 0 Å². The zero-order chi connectivity index (χ0) is 16.9. The first-order chi connectivity index (χ1) is 10.9. The molecule has 2 rings (SSSR count). The fourth-order valence-corrected chi connectivity index (χ4v) is 2.89. The average Bonchev–Trinajstić information content (AvgIpc) is 2.96. The molecule has 126 valence electrons. The van der Waals surface area contributed by atoms with Crippen LogP contribution in [0.4, 0.5) is 0 Å². The maximum Gasteiger partial charge on any atom is 0.241 e. The van der Waals surface area contributed by atoms with Crippen LogP contribution in [0.1, 0.15) is 12.3 Å².